The average molecular weight is 298 g/mol. The lowest BCUT2D eigenvalue weighted by Gasteiger charge is -2.34. The molecule has 0 radical (unpaired) electrons. The van der Waals surface area contributed by atoms with Gasteiger partial charge < -0.3 is 14.8 Å². The number of hydrogen-bond acceptors (Lipinski definition) is 5. The Kier molecular flexibility index (Phi) is 5.35. The lowest BCUT2D eigenvalue weighted by Crippen LogP contribution is -2.73. The Morgan fingerprint density at radius 3 is 2.45 bits per heavy atom. The topological polar surface area (TPSA) is 76.7 Å². The number of hydrogen-bond donors (Lipinski definition) is 2. The molecule has 1 aliphatic rings. The van der Waals surface area contributed by atoms with Gasteiger partial charge in [-0.05, 0) is 12.8 Å². The Morgan fingerprint density at radius 1 is 1.40 bits per heavy atom. The van der Waals surface area contributed by atoms with E-state index in [1.54, 1.807) is 5.32 Å². The quantitative estimate of drug-likeness (QED) is 0.565. The molecule has 0 aromatic heterocycles. The normalized spacial score (nSPS) is 22.1. The molecule has 6 nitrogen and oxygen atoms in total. The summed E-state index contributed by atoms with van der Waals surface area (Å²) in [4.78, 5) is 22.6. The van der Waals surface area contributed by atoms with Crippen LogP contribution in [-0.4, -0.2) is 50.1 Å². The Bertz CT molecular complexity index is 369. The van der Waals surface area contributed by atoms with Gasteiger partial charge in [0.1, 0.15) is 0 Å². The highest BCUT2D eigenvalue weighted by atomic mass is 19.4. The lowest BCUT2D eigenvalue weighted by molar-refractivity contribution is -0.221. The van der Waals surface area contributed by atoms with Crippen LogP contribution in [0.5, 0.6) is 0 Å². The number of ether oxygens (including phenoxy) is 2. The molecule has 2 atom stereocenters. The van der Waals surface area contributed by atoms with Gasteiger partial charge in [-0.3, -0.25) is 10.1 Å². The monoisotopic (exact) mass is 298 g/mol. The SMILES string of the molecule is COC(=O)[C@@](NC[C@H]1CCCO1)(NC(C)=O)C(F)(F)F. The molecule has 0 unspecified atom stereocenters. The number of nitrogens with one attached hydrogen (secondary N) is 2. The van der Waals surface area contributed by atoms with Gasteiger partial charge in [-0.15, -0.1) is 0 Å². The Morgan fingerprint density at radius 2 is 2.05 bits per heavy atom. The highest BCUT2D eigenvalue weighted by molar-refractivity contribution is 5.87. The van der Waals surface area contributed by atoms with Crippen molar-refractivity contribution in [1.82, 2.24) is 10.6 Å². The maximum atomic E-state index is 13.2. The first-order valence-electron chi connectivity index (χ1n) is 6.03. The van der Waals surface area contributed by atoms with E-state index in [1.807, 2.05) is 5.32 Å². The molecule has 9 heteroatoms. The molecule has 0 aromatic carbocycles. The van der Waals surface area contributed by atoms with Gasteiger partial charge in [0.15, 0.2) is 0 Å². The molecule has 1 fully saturated rings. The van der Waals surface area contributed by atoms with Crippen LogP contribution in [0.4, 0.5) is 13.2 Å². The molecule has 1 amide bonds. The lowest BCUT2D eigenvalue weighted by atomic mass is 10.1. The van der Waals surface area contributed by atoms with Crippen molar-refractivity contribution in [2.24, 2.45) is 0 Å². The number of carbonyl (C=O) groups excluding carboxylic acids is 2. The summed E-state index contributed by atoms with van der Waals surface area (Å²) in [6.07, 6.45) is -4.16. The van der Waals surface area contributed by atoms with E-state index in [9.17, 15) is 22.8 Å². The maximum Gasteiger partial charge on any atom is 0.436 e. The minimum atomic E-state index is -5.05. The third kappa shape index (κ3) is 3.60. The van der Waals surface area contributed by atoms with Crippen LogP contribution in [0.15, 0.2) is 0 Å². The van der Waals surface area contributed by atoms with Crippen LogP contribution in [0.3, 0.4) is 0 Å². The molecule has 0 bridgehead atoms. The van der Waals surface area contributed by atoms with Crippen molar-refractivity contribution in [3.8, 4) is 0 Å². The van der Waals surface area contributed by atoms with Crippen LogP contribution in [0.1, 0.15) is 19.8 Å². The fourth-order valence-corrected chi connectivity index (χ4v) is 1.94. The van der Waals surface area contributed by atoms with Crippen LogP contribution in [0.25, 0.3) is 0 Å². The minimum Gasteiger partial charge on any atom is -0.466 e. The Labute approximate surface area is 114 Å². The standard InChI is InChI=1S/C11H17F3N2O4/c1-7(17)16-10(9(18)19-2,11(12,13)14)15-6-8-4-3-5-20-8/h8,15H,3-6H2,1-2H3,(H,16,17)/t8-,10-/m1/s1. The summed E-state index contributed by atoms with van der Waals surface area (Å²) in [5.41, 5.74) is -3.26. The predicted octanol–water partition coefficient (Wildman–Crippen LogP) is 0.323. The third-order valence-corrected chi connectivity index (χ3v) is 2.90. The molecule has 0 spiro atoms. The summed E-state index contributed by atoms with van der Waals surface area (Å²) in [5, 5.41) is 3.64. The van der Waals surface area contributed by atoms with Crippen molar-refractivity contribution in [3.05, 3.63) is 0 Å². The molecule has 1 heterocycles. The third-order valence-electron chi connectivity index (χ3n) is 2.90. The predicted molar refractivity (Wildman–Crippen MR) is 61.6 cm³/mol. The second-order valence-corrected chi connectivity index (χ2v) is 4.44. The highest BCUT2D eigenvalue weighted by Crippen LogP contribution is 2.30. The molecule has 1 saturated heterocycles. The Hall–Kier alpha value is -1.35. The van der Waals surface area contributed by atoms with Gasteiger partial charge in [-0.1, -0.05) is 0 Å². The van der Waals surface area contributed by atoms with Crippen molar-refractivity contribution >= 4 is 11.9 Å². The van der Waals surface area contributed by atoms with Crippen molar-refractivity contribution in [1.29, 1.82) is 0 Å². The number of halogens is 3. The van der Waals surface area contributed by atoms with Gasteiger partial charge in [-0.25, -0.2) is 4.79 Å². The van der Waals surface area contributed by atoms with E-state index in [-0.39, 0.29) is 6.54 Å². The summed E-state index contributed by atoms with van der Waals surface area (Å²) >= 11 is 0. The largest absolute Gasteiger partial charge is 0.466 e. The van der Waals surface area contributed by atoms with E-state index in [2.05, 4.69) is 4.74 Å². The number of esters is 1. The van der Waals surface area contributed by atoms with E-state index in [0.717, 1.165) is 20.5 Å². The first-order valence-corrected chi connectivity index (χ1v) is 6.03. The number of rotatable bonds is 5. The summed E-state index contributed by atoms with van der Waals surface area (Å²) in [6, 6.07) is 0. The maximum absolute atomic E-state index is 13.2. The summed E-state index contributed by atoms with van der Waals surface area (Å²) in [5.74, 6) is -2.63. The molecular weight excluding hydrogens is 281 g/mol. The number of amides is 1. The zero-order chi connectivity index (χ0) is 15.4. The van der Waals surface area contributed by atoms with Gasteiger partial charge >= 0.3 is 12.1 Å². The highest BCUT2D eigenvalue weighted by Gasteiger charge is 2.62. The molecule has 0 aromatic rings. The number of methoxy groups -OCH3 is 1. The van der Waals surface area contributed by atoms with Gasteiger partial charge in [-0.2, -0.15) is 13.2 Å². The van der Waals surface area contributed by atoms with Gasteiger partial charge in [0.2, 0.25) is 5.91 Å². The van der Waals surface area contributed by atoms with Crippen LogP contribution >= 0.6 is 0 Å². The number of carbonyl (C=O) groups is 2. The van der Waals surface area contributed by atoms with Crippen LogP contribution in [0, 0.1) is 0 Å². The molecule has 0 saturated carbocycles. The van der Waals surface area contributed by atoms with E-state index in [1.165, 1.54) is 0 Å². The van der Waals surface area contributed by atoms with Crippen molar-refractivity contribution < 1.29 is 32.2 Å². The Balaban J connectivity index is 2.94. The van der Waals surface area contributed by atoms with E-state index in [4.69, 9.17) is 4.74 Å². The molecular formula is C11H17F3N2O4. The van der Waals surface area contributed by atoms with Gasteiger partial charge in [0.25, 0.3) is 5.66 Å². The fraction of sp³-hybridized carbons (Fsp3) is 0.818. The van der Waals surface area contributed by atoms with E-state index in [0.29, 0.717) is 13.0 Å². The van der Waals surface area contributed by atoms with Crippen molar-refractivity contribution in [3.63, 3.8) is 0 Å². The molecule has 20 heavy (non-hydrogen) atoms. The van der Waals surface area contributed by atoms with Gasteiger partial charge in [0.05, 0.1) is 13.2 Å². The minimum absolute atomic E-state index is 0.227. The van der Waals surface area contributed by atoms with E-state index < -0.39 is 29.8 Å². The zero-order valence-electron chi connectivity index (χ0n) is 11.2. The van der Waals surface area contributed by atoms with Crippen LogP contribution in [-0.2, 0) is 19.1 Å². The molecule has 0 aliphatic carbocycles. The zero-order valence-corrected chi connectivity index (χ0v) is 11.2. The van der Waals surface area contributed by atoms with E-state index >= 15 is 0 Å². The summed E-state index contributed by atoms with van der Waals surface area (Å²) in [6.45, 7) is 1.12. The first-order chi connectivity index (χ1) is 9.23. The van der Waals surface area contributed by atoms with Crippen LogP contribution in [0.2, 0.25) is 0 Å². The fourth-order valence-electron chi connectivity index (χ4n) is 1.94. The molecule has 2 N–H and O–H groups in total. The summed E-state index contributed by atoms with van der Waals surface area (Å²) < 4.78 is 49.1. The second kappa shape index (κ2) is 6.40. The molecule has 1 aliphatic heterocycles. The molecule has 116 valence electrons. The average Bonchev–Trinajstić information content (AvgIpc) is 2.84. The second-order valence-electron chi connectivity index (χ2n) is 4.44. The summed E-state index contributed by atoms with van der Waals surface area (Å²) in [7, 11) is 0.818. The first kappa shape index (κ1) is 16.7. The van der Waals surface area contributed by atoms with Crippen LogP contribution < -0.4 is 10.6 Å². The van der Waals surface area contributed by atoms with Gasteiger partial charge in [0, 0.05) is 20.1 Å². The number of alkyl halides is 3. The van der Waals surface area contributed by atoms with Crippen molar-refractivity contribution in [2.75, 3.05) is 20.3 Å². The van der Waals surface area contributed by atoms with Crippen molar-refractivity contribution in [2.45, 2.75) is 37.7 Å². The smallest absolute Gasteiger partial charge is 0.436 e. The molecule has 1 rings (SSSR count).